The van der Waals surface area contributed by atoms with Crippen molar-refractivity contribution in [1.82, 2.24) is 5.32 Å². The van der Waals surface area contributed by atoms with Gasteiger partial charge in [-0.1, -0.05) is 48.5 Å². The van der Waals surface area contributed by atoms with E-state index in [0.717, 1.165) is 5.56 Å². The average molecular weight is 271 g/mol. The quantitative estimate of drug-likeness (QED) is 0.907. The summed E-state index contributed by atoms with van der Waals surface area (Å²) >= 11 is 0. The Morgan fingerprint density at radius 3 is 2.30 bits per heavy atom. The average Bonchev–Trinajstić information content (AvgIpc) is 2.42. The van der Waals surface area contributed by atoms with Gasteiger partial charge in [0.15, 0.2) is 0 Å². The van der Waals surface area contributed by atoms with Crippen LogP contribution in [0.25, 0.3) is 0 Å². The maximum Gasteiger partial charge on any atom is 0.225 e. The highest BCUT2D eigenvalue weighted by Crippen LogP contribution is 2.19. The molecular formula is C17H18FNO. The highest BCUT2D eigenvalue weighted by molar-refractivity contribution is 5.79. The van der Waals surface area contributed by atoms with E-state index in [2.05, 4.69) is 5.32 Å². The summed E-state index contributed by atoms with van der Waals surface area (Å²) in [6.45, 7) is 3.86. The van der Waals surface area contributed by atoms with Gasteiger partial charge in [0.2, 0.25) is 5.91 Å². The van der Waals surface area contributed by atoms with Gasteiger partial charge in [-0.05, 0) is 31.0 Å². The minimum absolute atomic E-state index is 0.0446. The third-order valence-electron chi connectivity index (χ3n) is 3.26. The number of benzene rings is 2. The first-order valence-electron chi connectivity index (χ1n) is 6.59. The number of carbonyl (C=O) groups is 1. The van der Waals surface area contributed by atoms with Crippen molar-refractivity contribution < 1.29 is 9.18 Å². The maximum atomic E-state index is 13.5. The summed E-state index contributed by atoms with van der Waals surface area (Å²) < 4.78 is 13.5. The molecule has 0 spiro atoms. The van der Waals surface area contributed by atoms with E-state index in [0.29, 0.717) is 5.56 Å². The normalized spacial score (nSPS) is 11.2. The Hall–Kier alpha value is -2.16. The fourth-order valence-electron chi connectivity index (χ4n) is 2.13. The molecule has 3 heteroatoms. The first kappa shape index (κ1) is 14.3. The van der Waals surface area contributed by atoms with Crippen molar-refractivity contribution in [3.05, 3.63) is 71.5 Å². The van der Waals surface area contributed by atoms with Gasteiger partial charge in [0.25, 0.3) is 0 Å². The van der Waals surface area contributed by atoms with Gasteiger partial charge in [-0.15, -0.1) is 0 Å². The van der Waals surface area contributed by atoms with Crippen molar-refractivity contribution in [3.8, 4) is 0 Å². The molecule has 104 valence electrons. The van der Waals surface area contributed by atoms with Crippen LogP contribution in [0.3, 0.4) is 0 Å². The van der Waals surface area contributed by atoms with Crippen molar-refractivity contribution >= 4 is 5.91 Å². The van der Waals surface area contributed by atoms with Crippen molar-refractivity contribution in [2.75, 3.05) is 0 Å². The Morgan fingerprint density at radius 2 is 1.65 bits per heavy atom. The molecule has 2 aromatic rings. The number of nitrogens with one attached hydrogen (secondary N) is 1. The second-order valence-corrected chi connectivity index (χ2v) is 5.31. The number of hydrogen-bond donors (Lipinski definition) is 1. The molecule has 0 aliphatic heterocycles. The molecule has 2 aromatic carbocycles. The first-order valence-corrected chi connectivity index (χ1v) is 6.59. The summed E-state index contributed by atoms with van der Waals surface area (Å²) in [5.41, 5.74) is 0.944. The SMILES string of the molecule is CC(C)(NC(=O)Cc1ccccc1F)c1ccccc1. The Morgan fingerprint density at radius 1 is 1.05 bits per heavy atom. The summed E-state index contributed by atoms with van der Waals surface area (Å²) in [5, 5.41) is 2.94. The smallest absolute Gasteiger partial charge is 0.225 e. The van der Waals surface area contributed by atoms with Crippen LogP contribution < -0.4 is 5.32 Å². The topological polar surface area (TPSA) is 29.1 Å². The highest BCUT2D eigenvalue weighted by atomic mass is 19.1. The van der Waals surface area contributed by atoms with Crippen LogP contribution in [0.1, 0.15) is 25.0 Å². The van der Waals surface area contributed by atoms with Crippen LogP contribution in [0.2, 0.25) is 0 Å². The highest BCUT2D eigenvalue weighted by Gasteiger charge is 2.22. The predicted octanol–water partition coefficient (Wildman–Crippen LogP) is 3.42. The van der Waals surface area contributed by atoms with Gasteiger partial charge in [-0.3, -0.25) is 4.79 Å². The summed E-state index contributed by atoms with van der Waals surface area (Å²) in [7, 11) is 0. The zero-order chi connectivity index (χ0) is 14.6. The monoisotopic (exact) mass is 271 g/mol. The molecule has 0 saturated heterocycles. The van der Waals surface area contributed by atoms with Crippen LogP contribution in [0.4, 0.5) is 4.39 Å². The fraction of sp³-hybridized carbons (Fsp3) is 0.235. The van der Waals surface area contributed by atoms with E-state index in [1.165, 1.54) is 6.07 Å². The lowest BCUT2D eigenvalue weighted by Crippen LogP contribution is -2.41. The lowest BCUT2D eigenvalue weighted by Gasteiger charge is -2.27. The fourth-order valence-corrected chi connectivity index (χ4v) is 2.13. The van der Waals surface area contributed by atoms with E-state index in [1.54, 1.807) is 18.2 Å². The summed E-state index contributed by atoms with van der Waals surface area (Å²) in [6.07, 6.45) is 0.0446. The van der Waals surface area contributed by atoms with Gasteiger partial charge in [-0.25, -0.2) is 4.39 Å². The maximum absolute atomic E-state index is 13.5. The van der Waals surface area contributed by atoms with Crippen LogP contribution in [-0.4, -0.2) is 5.91 Å². The summed E-state index contributed by atoms with van der Waals surface area (Å²) in [6, 6.07) is 16.1. The Labute approximate surface area is 118 Å². The van der Waals surface area contributed by atoms with E-state index in [4.69, 9.17) is 0 Å². The van der Waals surface area contributed by atoms with Gasteiger partial charge in [0, 0.05) is 0 Å². The molecule has 0 bridgehead atoms. The van der Waals surface area contributed by atoms with E-state index in [-0.39, 0.29) is 18.1 Å². The Balaban J connectivity index is 2.07. The lowest BCUT2D eigenvalue weighted by atomic mass is 9.94. The van der Waals surface area contributed by atoms with Gasteiger partial charge in [0.05, 0.1) is 12.0 Å². The number of rotatable bonds is 4. The number of halogens is 1. The van der Waals surface area contributed by atoms with Gasteiger partial charge < -0.3 is 5.32 Å². The van der Waals surface area contributed by atoms with Crippen molar-refractivity contribution in [2.24, 2.45) is 0 Å². The van der Waals surface area contributed by atoms with Crippen LogP contribution in [0.15, 0.2) is 54.6 Å². The predicted molar refractivity (Wildman–Crippen MR) is 77.7 cm³/mol. The second-order valence-electron chi connectivity index (χ2n) is 5.31. The lowest BCUT2D eigenvalue weighted by molar-refractivity contribution is -0.122. The third-order valence-corrected chi connectivity index (χ3v) is 3.26. The largest absolute Gasteiger partial charge is 0.347 e. The number of hydrogen-bond acceptors (Lipinski definition) is 1. The van der Waals surface area contributed by atoms with Crippen molar-refractivity contribution in [3.63, 3.8) is 0 Å². The van der Waals surface area contributed by atoms with Gasteiger partial charge in [-0.2, -0.15) is 0 Å². The molecule has 2 nitrogen and oxygen atoms in total. The van der Waals surface area contributed by atoms with E-state index in [9.17, 15) is 9.18 Å². The molecular weight excluding hydrogens is 253 g/mol. The Bertz CT molecular complexity index is 593. The molecule has 0 aromatic heterocycles. The molecule has 1 N–H and O–H groups in total. The van der Waals surface area contributed by atoms with Crippen LogP contribution in [0.5, 0.6) is 0 Å². The number of amides is 1. The van der Waals surface area contributed by atoms with Gasteiger partial charge >= 0.3 is 0 Å². The molecule has 0 aliphatic carbocycles. The molecule has 20 heavy (non-hydrogen) atoms. The second kappa shape index (κ2) is 5.87. The molecule has 0 aliphatic rings. The van der Waals surface area contributed by atoms with Crippen molar-refractivity contribution in [1.29, 1.82) is 0 Å². The van der Waals surface area contributed by atoms with Crippen LogP contribution in [0, 0.1) is 5.82 Å². The molecule has 1 amide bonds. The minimum Gasteiger partial charge on any atom is -0.347 e. The Kier molecular flexibility index (Phi) is 4.18. The standard InChI is InChI=1S/C17H18FNO/c1-17(2,14-9-4-3-5-10-14)19-16(20)12-13-8-6-7-11-15(13)18/h3-11H,12H2,1-2H3,(H,19,20). The van der Waals surface area contributed by atoms with Crippen LogP contribution >= 0.6 is 0 Å². The zero-order valence-corrected chi connectivity index (χ0v) is 11.7. The molecule has 0 saturated carbocycles. The molecule has 0 unspecified atom stereocenters. The molecule has 2 rings (SSSR count). The molecule has 0 heterocycles. The van der Waals surface area contributed by atoms with Gasteiger partial charge in [0.1, 0.15) is 5.82 Å². The molecule has 0 radical (unpaired) electrons. The summed E-state index contributed by atoms with van der Waals surface area (Å²) in [4.78, 5) is 12.1. The van der Waals surface area contributed by atoms with Crippen LogP contribution in [-0.2, 0) is 16.8 Å². The van der Waals surface area contributed by atoms with E-state index >= 15 is 0 Å². The molecule has 0 fully saturated rings. The van der Waals surface area contributed by atoms with E-state index < -0.39 is 5.54 Å². The van der Waals surface area contributed by atoms with E-state index in [1.807, 2.05) is 44.2 Å². The minimum atomic E-state index is -0.483. The number of carbonyl (C=O) groups excluding carboxylic acids is 1. The van der Waals surface area contributed by atoms with Crippen molar-refractivity contribution in [2.45, 2.75) is 25.8 Å². The zero-order valence-electron chi connectivity index (χ0n) is 11.7. The summed E-state index contributed by atoms with van der Waals surface area (Å²) in [5.74, 6) is -0.538. The molecule has 0 atom stereocenters. The third kappa shape index (κ3) is 3.44. The first-order chi connectivity index (χ1) is 9.49.